The Labute approximate surface area is 159 Å². The molecule has 0 saturated carbocycles. The van der Waals surface area contributed by atoms with Crippen LogP contribution < -0.4 is 20.5 Å². The van der Waals surface area contributed by atoms with Gasteiger partial charge in [-0.3, -0.25) is 4.79 Å². The molecular weight excluding hydrogens is 374 g/mol. The average molecular weight is 392 g/mol. The molecule has 136 valence electrons. The molecule has 0 atom stereocenters. The van der Waals surface area contributed by atoms with Gasteiger partial charge in [0.15, 0.2) is 0 Å². The minimum atomic E-state index is -0.345. The standard InChI is InChI=1S/C18H18ClN3O3S/c1-8-5-9(2)21-18-14(8)15(20)16(26-18)17(23)22-11-6-10(19)12(24-3)7-13(11)25-4/h5-7H,20H2,1-4H3,(H,22,23). The molecule has 3 N–H and O–H groups in total. The second kappa shape index (κ2) is 7.01. The Balaban J connectivity index is 2.01. The maximum Gasteiger partial charge on any atom is 0.268 e. The summed E-state index contributed by atoms with van der Waals surface area (Å²) in [4.78, 5) is 18.4. The highest BCUT2D eigenvalue weighted by molar-refractivity contribution is 7.21. The molecule has 0 spiro atoms. The van der Waals surface area contributed by atoms with Gasteiger partial charge >= 0.3 is 0 Å². The zero-order valence-electron chi connectivity index (χ0n) is 14.8. The van der Waals surface area contributed by atoms with Crippen molar-refractivity contribution in [3.63, 3.8) is 0 Å². The van der Waals surface area contributed by atoms with Gasteiger partial charge in [-0.1, -0.05) is 11.6 Å². The molecule has 0 unspecified atom stereocenters. The number of halogens is 1. The van der Waals surface area contributed by atoms with Crippen LogP contribution in [0.5, 0.6) is 11.5 Å². The number of fused-ring (bicyclic) bond motifs is 1. The molecule has 2 aromatic heterocycles. The van der Waals surface area contributed by atoms with Crippen molar-refractivity contribution < 1.29 is 14.3 Å². The van der Waals surface area contributed by atoms with E-state index in [0.717, 1.165) is 21.5 Å². The van der Waals surface area contributed by atoms with Gasteiger partial charge in [0.25, 0.3) is 5.91 Å². The van der Waals surface area contributed by atoms with E-state index in [-0.39, 0.29) is 5.91 Å². The van der Waals surface area contributed by atoms with Gasteiger partial charge < -0.3 is 20.5 Å². The zero-order chi connectivity index (χ0) is 19.0. The van der Waals surface area contributed by atoms with Crippen molar-refractivity contribution in [2.45, 2.75) is 13.8 Å². The second-order valence-corrected chi connectivity index (χ2v) is 7.15. The summed E-state index contributed by atoms with van der Waals surface area (Å²) >= 11 is 7.42. The molecule has 0 saturated heterocycles. The molecule has 3 aromatic rings. The van der Waals surface area contributed by atoms with Crippen LogP contribution >= 0.6 is 22.9 Å². The zero-order valence-corrected chi connectivity index (χ0v) is 16.3. The molecule has 0 aliphatic heterocycles. The molecule has 0 fully saturated rings. The van der Waals surface area contributed by atoms with E-state index in [1.54, 1.807) is 12.1 Å². The maximum absolute atomic E-state index is 12.8. The van der Waals surface area contributed by atoms with Gasteiger partial charge in [0.05, 0.1) is 30.6 Å². The molecule has 1 aromatic carbocycles. The van der Waals surface area contributed by atoms with Crippen molar-refractivity contribution in [3.8, 4) is 11.5 Å². The SMILES string of the molecule is COc1cc(OC)c(NC(=O)c2sc3nc(C)cc(C)c3c2N)cc1Cl. The number of nitrogens with zero attached hydrogens (tertiary/aromatic N) is 1. The van der Waals surface area contributed by atoms with E-state index in [1.807, 2.05) is 19.9 Å². The van der Waals surface area contributed by atoms with E-state index in [0.29, 0.717) is 32.8 Å². The number of aromatic nitrogens is 1. The van der Waals surface area contributed by atoms with Crippen molar-refractivity contribution in [3.05, 3.63) is 39.4 Å². The molecular formula is C18H18ClN3O3S. The summed E-state index contributed by atoms with van der Waals surface area (Å²) in [5.41, 5.74) is 8.95. The van der Waals surface area contributed by atoms with Gasteiger partial charge in [0.2, 0.25) is 0 Å². The van der Waals surface area contributed by atoms with Gasteiger partial charge in [-0.25, -0.2) is 4.98 Å². The number of methoxy groups -OCH3 is 2. The lowest BCUT2D eigenvalue weighted by atomic mass is 10.1. The van der Waals surface area contributed by atoms with Crippen LogP contribution in [0.15, 0.2) is 18.2 Å². The van der Waals surface area contributed by atoms with E-state index < -0.39 is 0 Å². The molecule has 0 aliphatic rings. The van der Waals surface area contributed by atoms with Crippen LogP contribution in [0.1, 0.15) is 20.9 Å². The average Bonchev–Trinajstić information content (AvgIpc) is 2.92. The third kappa shape index (κ3) is 3.15. The van der Waals surface area contributed by atoms with Gasteiger partial charge in [-0.15, -0.1) is 11.3 Å². The van der Waals surface area contributed by atoms with Crippen LogP contribution in [0.2, 0.25) is 5.02 Å². The first-order chi connectivity index (χ1) is 12.3. The Morgan fingerprint density at radius 1 is 1.19 bits per heavy atom. The number of carbonyl (C=O) groups excluding carboxylic acids is 1. The summed E-state index contributed by atoms with van der Waals surface area (Å²) in [6.45, 7) is 3.86. The van der Waals surface area contributed by atoms with Crippen molar-refractivity contribution >= 4 is 50.4 Å². The summed E-state index contributed by atoms with van der Waals surface area (Å²) in [6.07, 6.45) is 0. The van der Waals surface area contributed by atoms with E-state index in [1.165, 1.54) is 25.6 Å². The van der Waals surface area contributed by atoms with Crippen LogP contribution in [0.3, 0.4) is 0 Å². The van der Waals surface area contributed by atoms with Crippen LogP contribution in [0, 0.1) is 13.8 Å². The molecule has 2 heterocycles. The highest BCUT2D eigenvalue weighted by Crippen LogP contribution is 2.38. The number of nitrogens with one attached hydrogen (secondary N) is 1. The lowest BCUT2D eigenvalue weighted by Crippen LogP contribution is -2.13. The number of anilines is 2. The molecule has 26 heavy (non-hydrogen) atoms. The number of pyridine rings is 1. The van der Waals surface area contributed by atoms with Crippen molar-refractivity contribution in [1.29, 1.82) is 0 Å². The number of thiophene rings is 1. The number of ether oxygens (including phenoxy) is 2. The summed E-state index contributed by atoms with van der Waals surface area (Å²) < 4.78 is 10.5. The number of hydrogen-bond donors (Lipinski definition) is 2. The highest BCUT2D eigenvalue weighted by Gasteiger charge is 2.21. The van der Waals surface area contributed by atoms with Gasteiger partial charge in [0, 0.05) is 17.1 Å². The summed E-state index contributed by atoms with van der Waals surface area (Å²) in [5, 5.41) is 3.98. The van der Waals surface area contributed by atoms with Gasteiger partial charge in [-0.05, 0) is 31.5 Å². The smallest absolute Gasteiger partial charge is 0.268 e. The Morgan fingerprint density at radius 3 is 2.54 bits per heavy atom. The predicted molar refractivity (Wildman–Crippen MR) is 106 cm³/mol. The van der Waals surface area contributed by atoms with Crippen molar-refractivity contribution in [2.24, 2.45) is 0 Å². The number of aryl methyl sites for hydroxylation is 2. The molecule has 0 aliphatic carbocycles. The number of carbonyl (C=O) groups is 1. The minimum Gasteiger partial charge on any atom is -0.495 e. The number of nitrogens with two attached hydrogens (primary N) is 1. The second-order valence-electron chi connectivity index (χ2n) is 5.75. The van der Waals surface area contributed by atoms with Crippen LogP contribution in [-0.2, 0) is 0 Å². The number of hydrogen-bond acceptors (Lipinski definition) is 6. The predicted octanol–water partition coefficient (Wildman–Crippen LogP) is 4.42. The summed E-state index contributed by atoms with van der Waals surface area (Å²) in [7, 11) is 3.01. The van der Waals surface area contributed by atoms with E-state index in [9.17, 15) is 4.79 Å². The van der Waals surface area contributed by atoms with E-state index in [4.69, 9.17) is 26.8 Å². The Kier molecular flexibility index (Phi) is 4.93. The third-order valence-electron chi connectivity index (χ3n) is 3.95. The Hall–Kier alpha value is -2.51. The largest absolute Gasteiger partial charge is 0.495 e. The number of nitrogen functional groups attached to an aromatic ring is 1. The minimum absolute atomic E-state index is 0.345. The van der Waals surface area contributed by atoms with Gasteiger partial charge in [-0.2, -0.15) is 0 Å². The van der Waals surface area contributed by atoms with Crippen LogP contribution in [0.25, 0.3) is 10.2 Å². The number of rotatable bonds is 4. The molecule has 0 bridgehead atoms. The molecule has 8 heteroatoms. The summed E-state index contributed by atoms with van der Waals surface area (Å²) in [6, 6.07) is 5.13. The fourth-order valence-corrected chi connectivity index (χ4v) is 4.13. The molecule has 3 rings (SSSR count). The first kappa shape index (κ1) is 18.3. The third-order valence-corrected chi connectivity index (χ3v) is 5.35. The number of amides is 1. The first-order valence-electron chi connectivity index (χ1n) is 7.74. The maximum atomic E-state index is 12.8. The van der Waals surface area contributed by atoms with Crippen LogP contribution in [-0.4, -0.2) is 25.1 Å². The Morgan fingerprint density at radius 2 is 1.88 bits per heavy atom. The Bertz CT molecular complexity index is 1020. The topological polar surface area (TPSA) is 86.5 Å². The molecule has 0 radical (unpaired) electrons. The van der Waals surface area contributed by atoms with Crippen molar-refractivity contribution in [1.82, 2.24) is 4.98 Å². The van der Waals surface area contributed by atoms with E-state index >= 15 is 0 Å². The van der Waals surface area contributed by atoms with E-state index in [2.05, 4.69) is 10.3 Å². The highest BCUT2D eigenvalue weighted by atomic mass is 35.5. The van der Waals surface area contributed by atoms with Crippen molar-refractivity contribution in [2.75, 3.05) is 25.3 Å². The fourth-order valence-electron chi connectivity index (χ4n) is 2.77. The van der Waals surface area contributed by atoms with Crippen LogP contribution in [0.4, 0.5) is 11.4 Å². The monoisotopic (exact) mass is 391 g/mol. The quantitative estimate of drug-likeness (QED) is 0.687. The fraction of sp³-hybridized carbons (Fsp3) is 0.222. The number of benzene rings is 1. The first-order valence-corrected chi connectivity index (χ1v) is 8.94. The lowest BCUT2D eigenvalue weighted by Gasteiger charge is -2.12. The van der Waals surface area contributed by atoms with Gasteiger partial charge in [0.1, 0.15) is 21.2 Å². The molecule has 1 amide bonds. The normalized spacial score (nSPS) is 10.8. The summed E-state index contributed by atoms with van der Waals surface area (Å²) in [5.74, 6) is 0.546. The molecule has 6 nitrogen and oxygen atoms in total. The lowest BCUT2D eigenvalue weighted by molar-refractivity contribution is 0.103.